The summed E-state index contributed by atoms with van der Waals surface area (Å²) in [5, 5.41) is 0.413. The minimum absolute atomic E-state index is 0.00913. The zero-order valence-corrected chi connectivity index (χ0v) is 26.7. The van der Waals surface area contributed by atoms with E-state index in [0.717, 1.165) is 28.8 Å². The topological polar surface area (TPSA) is 128 Å². The second kappa shape index (κ2) is 13.4. The highest BCUT2D eigenvalue weighted by Crippen LogP contribution is 2.45. The van der Waals surface area contributed by atoms with Gasteiger partial charge in [-0.1, -0.05) is 41.9 Å². The Morgan fingerprint density at radius 3 is 2.64 bits per heavy atom. The number of hydrogen-bond acceptors (Lipinski definition) is 9. The molecule has 0 radical (unpaired) electrons. The van der Waals surface area contributed by atoms with Crippen LogP contribution in [0.3, 0.4) is 0 Å². The van der Waals surface area contributed by atoms with Gasteiger partial charge in [0.1, 0.15) is 4.75 Å². The SMILES string of the molecule is O=C(CC1(c2ccc(-c3ccc(-c4cnco4)cc3)s2)CCN(C(=O)c2cccc(Cl)c2)CCS1(=O)=O)NOC1CCCCO1. The van der Waals surface area contributed by atoms with Gasteiger partial charge in [0.2, 0.25) is 5.91 Å². The van der Waals surface area contributed by atoms with Crippen LogP contribution in [0, 0.1) is 0 Å². The number of nitrogens with zero attached hydrogens (tertiary/aromatic N) is 2. The van der Waals surface area contributed by atoms with Crippen LogP contribution in [0.25, 0.3) is 21.8 Å². The number of oxazole rings is 1. The van der Waals surface area contributed by atoms with Gasteiger partial charge < -0.3 is 14.1 Å². The normalized spacial score (nSPS) is 21.6. The molecule has 2 unspecified atom stereocenters. The number of nitrogens with one attached hydrogen (secondary N) is 1. The first-order valence-corrected chi connectivity index (χ1v) is 17.5. The maximum absolute atomic E-state index is 14.2. The first-order valence-electron chi connectivity index (χ1n) is 14.7. The molecule has 2 aromatic heterocycles. The van der Waals surface area contributed by atoms with Gasteiger partial charge >= 0.3 is 0 Å². The summed E-state index contributed by atoms with van der Waals surface area (Å²) in [4.78, 5) is 39.1. The Hall–Kier alpha value is -3.55. The molecule has 0 saturated carbocycles. The van der Waals surface area contributed by atoms with Crippen LogP contribution in [0.1, 0.15) is 47.3 Å². The highest BCUT2D eigenvalue weighted by Gasteiger charge is 2.50. The number of sulfone groups is 1. The van der Waals surface area contributed by atoms with E-state index in [0.29, 0.717) is 34.3 Å². The van der Waals surface area contributed by atoms with Crippen molar-refractivity contribution in [3.05, 3.63) is 88.7 Å². The highest BCUT2D eigenvalue weighted by atomic mass is 35.5. The zero-order valence-electron chi connectivity index (χ0n) is 24.3. The molecule has 4 aromatic rings. The summed E-state index contributed by atoms with van der Waals surface area (Å²) in [5.41, 5.74) is 4.56. The molecule has 2 saturated heterocycles. The minimum Gasteiger partial charge on any atom is -0.444 e. The van der Waals surface area contributed by atoms with Crippen LogP contribution in [0.4, 0.5) is 0 Å². The molecule has 0 spiro atoms. The van der Waals surface area contributed by atoms with E-state index >= 15 is 0 Å². The number of aromatic nitrogens is 1. The summed E-state index contributed by atoms with van der Waals surface area (Å²) >= 11 is 7.44. The van der Waals surface area contributed by atoms with Crippen molar-refractivity contribution in [1.29, 1.82) is 0 Å². The predicted octanol–water partition coefficient (Wildman–Crippen LogP) is 5.84. The molecule has 1 N–H and O–H groups in total. The number of amides is 2. The lowest BCUT2D eigenvalue weighted by atomic mass is 9.97. The van der Waals surface area contributed by atoms with Crippen molar-refractivity contribution >= 4 is 44.6 Å². The molecule has 0 aliphatic carbocycles. The van der Waals surface area contributed by atoms with Gasteiger partial charge in [0, 0.05) is 52.0 Å². The van der Waals surface area contributed by atoms with Gasteiger partial charge in [-0.15, -0.1) is 11.3 Å². The lowest BCUT2D eigenvalue weighted by Gasteiger charge is -2.31. The lowest BCUT2D eigenvalue weighted by Crippen LogP contribution is -2.43. The molecule has 4 heterocycles. The summed E-state index contributed by atoms with van der Waals surface area (Å²) in [7, 11) is -3.95. The van der Waals surface area contributed by atoms with Gasteiger partial charge in [0.25, 0.3) is 5.91 Å². The van der Waals surface area contributed by atoms with E-state index in [1.165, 1.54) is 22.6 Å². The summed E-state index contributed by atoms with van der Waals surface area (Å²) < 4.78 is 37.8. The average Bonchev–Trinajstić information content (AvgIpc) is 3.75. The molecule has 2 aliphatic rings. The number of thiophene rings is 1. The second-order valence-corrected chi connectivity index (χ2v) is 15.0. The van der Waals surface area contributed by atoms with Crippen molar-refractivity contribution in [2.45, 2.75) is 43.1 Å². The minimum atomic E-state index is -3.95. The third kappa shape index (κ3) is 6.85. The fourth-order valence-electron chi connectivity index (χ4n) is 5.70. The number of carbonyl (C=O) groups is 2. The van der Waals surface area contributed by atoms with Crippen LogP contribution in [-0.4, -0.2) is 61.9 Å². The Morgan fingerprint density at radius 1 is 1.09 bits per heavy atom. The Balaban J connectivity index is 1.30. The van der Waals surface area contributed by atoms with Gasteiger partial charge in [0.05, 0.1) is 18.4 Å². The largest absolute Gasteiger partial charge is 0.444 e. The first-order chi connectivity index (χ1) is 21.7. The fourth-order valence-corrected chi connectivity index (χ4v) is 9.50. The molecule has 10 nitrogen and oxygen atoms in total. The van der Waals surface area contributed by atoms with Crippen LogP contribution < -0.4 is 5.48 Å². The molecule has 2 amide bonds. The van der Waals surface area contributed by atoms with Crippen LogP contribution in [-0.2, 0) is 29.0 Å². The Labute approximate surface area is 270 Å². The molecule has 2 fully saturated rings. The van der Waals surface area contributed by atoms with E-state index in [4.69, 9.17) is 25.6 Å². The molecular weight excluding hydrogens is 638 g/mol. The van der Waals surface area contributed by atoms with Crippen molar-refractivity contribution in [2.75, 3.05) is 25.4 Å². The average molecular weight is 670 g/mol. The Morgan fingerprint density at radius 2 is 1.91 bits per heavy atom. The lowest BCUT2D eigenvalue weighted by molar-refractivity contribution is -0.200. The highest BCUT2D eigenvalue weighted by molar-refractivity contribution is 7.92. The number of benzene rings is 2. The van der Waals surface area contributed by atoms with Gasteiger partial charge in [-0.05, 0) is 55.2 Å². The van der Waals surface area contributed by atoms with Crippen molar-refractivity contribution in [2.24, 2.45) is 0 Å². The molecule has 2 aromatic carbocycles. The fraction of sp³-hybridized carbons (Fsp3) is 0.344. The monoisotopic (exact) mass is 669 g/mol. The van der Waals surface area contributed by atoms with Crippen molar-refractivity contribution in [3.8, 4) is 21.8 Å². The number of hydrogen-bond donors (Lipinski definition) is 1. The maximum Gasteiger partial charge on any atom is 0.253 e. The number of carbonyl (C=O) groups excluding carboxylic acids is 2. The third-order valence-electron chi connectivity index (χ3n) is 8.20. The molecule has 2 atom stereocenters. The Kier molecular flexibility index (Phi) is 9.39. The smallest absolute Gasteiger partial charge is 0.253 e. The van der Waals surface area contributed by atoms with Gasteiger partial charge in [-0.3, -0.25) is 9.59 Å². The summed E-state index contributed by atoms with van der Waals surface area (Å²) in [5.74, 6) is -0.558. The van der Waals surface area contributed by atoms with Crippen molar-refractivity contribution < 1.29 is 32.0 Å². The summed E-state index contributed by atoms with van der Waals surface area (Å²) in [6.07, 6.45) is 4.54. The molecule has 13 heteroatoms. The van der Waals surface area contributed by atoms with Gasteiger partial charge in [-0.2, -0.15) is 0 Å². The van der Waals surface area contributed by atoms with Crippen LogP contribution in [0.2, 0.25) is 5.02 Å². The third-order valence-corrected chi connectivity index (χ3v) is 12.4. The number of rotatable bonds is 8. The van der Waals surface area contributed by atoms with E-state index < -0.39 is 26.8 Å². The van der Waals surface area contributed by atoms with Crippen molar-refractivity contribution in [3.63, 3.8) is 0 Å². The molecule has 45 heavy (non-hydrogen) atoms. The molecule has 236 valence electrons. The zero-order chi connectivity index (χ0) is 31.4. The Bertz CT molecular complexity index is 1750. The van der Waals surface area contributed by atoms with Crippen LogP contribution in [0.15, 0.2) is 77.7 Å². The number of halogens is 1. The van der Waals surface area contributed by atoms with E-state index in [-0.39, 0.29) is 37.6 Å². The van der Waals surface area contributed by atoms with E-state index in [1.54, 1.807) is 36.5 Å². The second-order valence-electron chi connectivity index (χ2n) is 11.1. The standard InChI is InChI=1S/C32H32ClN3O7S2/c33-25-5-3-4-24(18-25)31(38)36-14-13-32(45(39,40)17-15-36,19-29(37)35-43-30-6-1-2-16-41-30)28-12-11-27(44-28)23-9-7-22(8-10-23)26-20-34-21-42-26/h3-5,7-12,18,20-21,30H,1-2,6,13-17,19H2,(H,35,37). The van der Waals surface area contributed by atoms with Gasteiger partial charge in [0.15, 0.2) is 28.3 Å². The number of ether oxygens (including phenoxy) is 1. The predicted molar refractivity (Wildman–Crippen MR) is 170 cm³/mol. The maximum atomic E-state index is 14.2. The van der Waals surface area contributed by atoms with Crippen LogP contribution in [0.5, 0.6) is 0 Å². The molecule has 6 rings (SSSR count). The number of hydroxylamine groups is 1. The summed E-state index contributed by atoms with van der Waals surface area (Å²) in [6.45, 7) is 0.654. The quantitative estimate of drug-likeness (QED) is 0.232. The van der Waals surface area contributed by atoms with Crippen LogP contribution >= 0.6 is 22.9 Å². The molecule has 2 aliphatic heterocycles. The van der Waals surface area contributed by atoms with E-state index in [9.17, 15) is 18.0 Å². The first kappa shape index (κ1) is 31.4. The van der Waals surface area contributed by atoms with Crippen molar-refractivity contribution in [1.82, 2.24) is 15.4 Å². The summed E-state index contributed by atoms with van der Waals surface area (Å²) in [6, 6.07) is 17.9. The van der Waals surface area contributed by atoms with E-state index in [2.05, 4.69) is 10.5 Å². The molecular formula is C32H32ClN3O7S2. The van der Waals surface area contributed by atoms with Gasteiger partial charge in [-0.25, -0.2) is 23.7 Å². The van der Waals surface area contributed by atoms with E-state index in [1.807, 2.05) is 30.3 Å². The molecule has 0 bridgehead atoms.